The molecule has 0 aliphatic carbocycles. The fourth-order valence-electron chi connectivity index (χ4n) is 1.61. The third-order valence-corrected chi connectivity index (χ3v) is 2.46. The molecule has 2 aromatic rings. The third-order valence-electron chi connectivity index (χ3n) is 2.46. The summed E-state index contributed by atoms with van der Waals surface area (Å²) < 4.78 is 14.7. The topological polar surface area (TPSA) is 42.7 Å². The van der Waals surface area contributed by atoms with Crippen LogP contribution in [0.2, 0.25) is 0 Å². The third kappa shape index (κ3) is 3.03. The maximum Gasteiger partial charge on any atom is 0.212 e. The number of aryl methyl sites for hydroxylation is 1. The minimum atomic E-state index is -0.466. The van der Waals surface area contributed by atoms with Crippen LogP contribution < -0.4 is 5.32 Å². The maximum absolute atomic E-state index is 12.6. The molecule has 90 valence electrons. The molecular formula is C12H15FN4. The van der Waals surface area contributed by atoms with Crippen LogP contribution in [0.3, 0.4) is 0 Å². The van der Waals surface area contributed by atoms with E-state index in [2.05, 4.69) is 26.8 Å². The van der Waals surface area contributed by atoms with Crippen molar-refractivity contribution in [2.45, 2.75) is 26.4 Å². The summed E-state index contributed by atoms with van der Waals surface area (Å²) in [6.45, 7) is 3.74. The summed E-state index contributed by atoms with van der Waals surface area (Å²) >= 11 is 0. The lowest BCUT2D eigenvalue weighted by Crippen LogP contribution is -2.07. The molecule has 5 heteroatoms. The zero-order valence-electron chi connectivity index (χ0n) is 9.73. The van der Waals surface area contributed by atoms with Gasteiger partial charge in [0.25, 0.3) is 0 Å². The van der Waals surface area contributed by atoms with Crippen LogP contribution in [0.4, 0.5) is 10.1 Å². The number of halogens is 1. The van der Waals surface area contributed by atoms with E-state index in [1.165, 1.54) is 12.3 Å². The van der Waals surface area contributed by atoms with Crippen LogP contribution in [-0.2, 0) is 13.1 Å². The van der Waals surface area contributed by atoms with Crippen LogP contribution in [-0.4, -0.2) is 14.5 Å². The molecule has 2 aromatic heterocycles. The summed E-state index contributed by atoms with van der Waals surface area (Å²) in [5.41, 5.74) is 1.91. The van der Waals surface area contributed by atoms with E-state index in [1.807, 2.05) is 12.5 Å². The molecule has 0 fully saturated rings. The molecule has 0 unspecified atom stereocenters. The van der Waals surface area contributed by atoms with Crippen LogP contribution in [0.15, 0.2) is 30.9 Å². The molecule has 0 aliphatic rings. The summed E-state index contributed by atoms with van der Waals surface area (Å²) in [5, 5.41) is 3.18. The van der Waals surface area contributed by atoms with Gasteiger partial charge in [-0.25, -0.2) is 9.97 Å². The van der Waals surface area contributed by atoms with Gasteiger partial charge in [-0.15, -0.1) is 0 Å². The van der Waals surface area contributed by atoms with Gasteiger partial charge in [-0.2, -0.15) is 4.39 Å². The molecule has 0 atom stereocenters. The monoisotopic (exact) mass is 234 g/mol. The van der Waals surface area contributed by atoms with E-state index in [1.54, 1.807) is 6.07 Å². The van der Waals surface area contributed by atoms with Crippen molar-refractivity contribution in [3.05, 3.63) is 42.5 Å². The quantitative estimate of drug-likeness (QED) is 0.808. The number of nitrogens with zero attached hydrogens (tertiary/aromatic N) is 3. The smallest absolute Gasteiger partial charge is 0.212 e. The normalized spacial score (nSPS) is 10.5. The molecule has 2 rings (SSSR count). The molecule has 2 heterocycles. The van der Waals surface area contributed by atoms with Crippen LogP contribution in [0.1, 0.15) is 19.0 Å². The number of imidazole rings is 1. The molecule has 0 saturated heterocycles. The van der Waals surface area contributed by atoms with E-state index in [0.717, 1.165) is 24.3 Å². The van der Waals surface area contributed by atoms with Crippen LogP contribution in [0.5, 0.6) is 0 Å². The summed E-state index contributed by atoms with van der Waals surface area (Å²) in [6, 6.07) is 3.01. The number of rotatable bonds is 5. The van der Waals surface area contributed by atoms with E-state index < -0.39 is 5.95 Å². The van der Waals surface area contributed by atoms with Gasteiger partial charge in [0.05, 0.1) is 30.5 Å². The molecule has 4 nitrogen and oxygen atoms in total. The highest BCUT2D eigenvalue weighted by Gasteiger charge is 2.01. The molecule has 0 amide bonds. The van der Waals surface area contributed by atoms with Crippen molar-refractivity contribution in [2.24, 2.45) is 0 Å². The van der Waals surface area contributed by atoms with E-state index in [4.69, 9.17) is 0 Å². The van der Waals surface area contributed by atoms with E-state index in [-0.39, 0.29) is 0 Å². The van der Waals surface area contributed by atoms with Crippen LogP contribution in [0, 0.1) is 5.95 Å². The highest BCUT2D eigenvalue weighted by Crippen LogP contribution is 2.08. The zero-order chi connectivity index (χ0) is 12.1. The second-order valence-corrected chi connectivity index (χ2v) is 3.80. The average molecular weight is 234 g/mol. The molecule has 17 heavy (non-hydrogen) atoms. The van der Waals surface area contributed by atoms with Crippen molar-refractivity contribution in [3.8, 4) is 0 Å². The Morgan fingerprint density at radius 3 is 2.94 bits per heavy atom. The van der Waals surface area contributed by atoms with Gasteiger partial charge >= 0.3 is 0 Å². The Hall–Kier alpha value is -1.91. The first kappa shape index (κ1) is 11.6. The van der Waals surface area contributed by atoms with Crippen molar-refractivity contribution < 1.29 is 4.39 Å². The Morgan fingerprint density at radius 2 is 2.24 bits per heavy atom. The molecular weight excluding hydrogens is 219 g/mol. The maximum atomic E-state index is 12.6. The van der Waals surface area contributed by atoms with Gasteiger partial charge in [0.15, 0.2) is 0 Å². The molecule has 0 spiro atoms. The predicted octanol–water partition coefficient (Wildman–Crippen LogP) is 2.44. The van der Waals surface area contributed by atoms with Crippen LogP contribution in [0.25, 0.3) is 0 Å². The zero-order valence-corrected chi connectivity index (χ0v) is 9.73. The van der Waals surface area contributed by atoms with Crippen LogP contribution >= 0.6 is 0 Å². The minimum absolute atomic E-state index is 0.466. The molecule has 0 bridgehead atoms. The number of anilines is 1. The molecule has 0 saturated carbocycles. The number of pyridine rings is 1. The van der Waals surface area contributed by atoms with Gasteiger partial charge in [0.1, 0.15) is 0 Å². The number of nitrogens with one attached hydrogen (secondary N) is 1. The minimum Gasteiger partial charge on any atom is -0.378 e. The first-order chi connectivity index (χ1) is 8.29. The summed E-state index contributed by atoms with van der Waals surface area (Å²) in [5.74, 6) is -0.466. The second kappa shape index (κ2) is 5.43. The largest absolute Gasteiger partial charge is 0.378 e. The fourth-order valence-corrected chi connectivity index (χ4v) is 1.61. The Labute approximate surface area is 99.5 Å². The van der Waals surface area contributed by atoms with Gasteiger partial charge in [-0.1, -0.05) is 6.92 Å². The first-order valence-electron chi connectivity index (χ1n) is 5.64. The molecule has 0 aliphatic heterocycles. The highest BCUT2D eigenvalue weighted by molar-refractivity contribution is 5.40. The molecule has 1 N–H and O–H groups in total. The van der Waals surface area contributed by atoms with Gasteiger partial charge in [-0.05, 0) is 18.6 Å². The lowest BCUT2D eigenvalue weighted by atomic mass is 10.3. The van der Waals surface area contributed by atoms with E-state index in [9.17, 15) is 4.39 Å². The Bertz CT molecular complexity index is 464. The number of hydrogen-bond donors (Lipinski definition) is 1. The van der Waals surface area contributed by atoms with Crippen molar-refractivity contribution in [3.63, 3.8) is 0 Å². The van der Waals surface area contributed by atoms with Gasteiger partial charge < -0.3 is 9.88 Å². The lowest BCUT2D eigenvalue weighted by molar-refractivity contribution is 0.584. The standard InChI is InChI=1S/C12H15FN4/c1-2-5-17-9-14-7-11(17)8-15-10-3-4-12(13)16-6-10/h3-4,6-7,9,15H,2,5,8H2,1H3. The SMILES string of the molecule is CCCn1cncc1CNc1ccc(F)nc1. The first-order valence-corrected chi connectivity index (χ1v) is 5.64. The van der Waals surface area contributed by atoms with Crippen molar-refractivity contribution in [1.29, 1.82) is 0 Å². The number of hydrogen-bond acceptors (Lipinski definition) is 3. The lowest BCUT2D eigenvalue weighted by Gasteiger charge is -2.08. The fraction of sp³-hybridized carbons (Fsp3) is 0.333. The van der Waals surface area contributed by atoms with Crippen molar-refractivity contribution in [1.82, 2.24) is 14.5 Å². The van der Waals surface area contributed by atoms with Gasteiger partial charge in [0, 0.05) is 12.7 Å². The predicted molar refractivity (Wildman–Crippen MR) is 64.0 cm³/mol. The van der Waals surface area contributed by atoms with E-state index >= 15 is 0 Å². The Balaban J connectivity index is 1.97. The second-order valence-electron chi connectivity index (χ2n) is 3.80. The summed E-state index contributed by atoms with van der Waals surface area (Å²) in [4.78, 5) is 7.70. The van der Waals surface area contributed by atoms with E-state index in [0.29, 0.717) is 6.54 Å². The Morgan fingerprint density at radius 1 is 1.35 bits per heavy atom. The van der Waals surface area contributed by atoms with Crippen molar-refractivity contribution in [2.75, 3.05) is 5.32 Å². The van der Waals surface area contributed by atoms with Crippen molar-refractivity contribution >= 4 is 5.69 Å². The number of aromatic nitrogens is 3. The summed E-state index contributed by atoms with van der Waals surface area (Å²) in [7, 11) is 0. The molecule has 0 aromatic carbocycles. The Kier molecular flexibility index (Phi) is 3.69. The molecule has 0 radical (unpaired) electrons. The average Bonchev–Trinajstić information content (AvgIpc) is 2.77. The highest BCUT2D eigenvalue weighted by atomic mass is 19.1. The van der Waals surface area contributed by atoms with Gasteiger partial charge in [0.2, 0.25) is 5.95 Å². The van der Waals surface area contributed by atoms with Gasteiger partial charge in [-0.3, -0.25) is 0 Å². The summed E-state index contributed by atoms with van der Waals surface area (Å²) in [6.07, 6.45) is 6.21.